The number of rotatable bonds is 4. The standard InChI is InChI=1S/C16H14ClIN2O3/c1-9-3-4-11(12(17)5-9)16(22)20-19-8-10-6-13(18)15(21)14(7-10)23-2/h3-8,21H,1-2H3,(H,20,22)/b19-8-. The number of halogens is 2. The normalized spacial score (nSPS) is 10.8. The lowest BCUT2D eigenvalue weighted by molar-refractivity contribution is 0.0955. The Balaban J connectivity index is 2.12. The molecular weight excluding hydrogens is 431 g/mol. The van der Waals surface area contributed by atoms with Crippen molar-refractivity contribution in [3.63, 3.8) is 0 Å². The van der Waals surface area contributed by atoms with E-state index >= 15 is 0 Å². The minimum Gasteiger partial charge on any atom is -0.504 e. The second kappa shape index (κ2) is 7.65. The average molecular weight is 445 g/mol. The van der Waals surface area contributed by atoms with Gasteiger partial charge in [-0.25, -0.2) is 5.43 Å². The van der Waals surface area contributed by atoms with E-state index in [0.717, 1.165) is 5.56 Å². The first kappa shape index (κ1) is 17.6. The minimum atomic E-state index is -0.397. The van der Waals surface area contributed by atoms with Gasteiger partial charge in [-0.05, 0) is 64.9 Å². The van der Waals surface area contributed by atoms with Crippen LogP contribution >= 0.6 is 34.2 Å². The molecule has 1 amide bonds. The average Bonchev–Trinajstić information content (AvgIpc) is 2.50. The highest BCUT2D eigenvalue weighted by molar-refractivity contribution is 14.1. The Morgan fingerprint density at radius 3 is 2.78 bits per heavy atom. The largest absolute Gasteiger partial charge is 0.504 e. The highest BCUT2D eigenvalue weighted by Gasteiger charge is 2.10. The third-order valence-electron chi connectivity index (χ3n) is 3.02. The SMILES string of the molecule is COc1cc(/C=N\NC(=O)c2ccc(C)cc2Cl)cc(I)c1O. The van der Waals surface area contributed by atoms with Gasteiger partial charge < -0.3 is 9.84 Å². The van der Waals surface area contributed by atoms with Gasteiger partial charge in [-0.1, -0.05) is 17.7 Å². The van der Waals surface area contributed by atoms with Gasteiger partial charge in [0.1, 0.15) is 0 Å². The Bertz CT molecular complexity index is 778. The third-order valence-corrected chi connectivity index (χ3v) is 4.15. The number of hydrogen-bond acceptors (Lipinski definition) is 4. The first-order valence-electron chi connectivity index (χ1n) is 6.58. The van der Waals surface area contributed by atoms with Crippen LogP contribution in [0.4, 0.5) is 0 Å². The molecule has 2 aromatic carbocycles. The number of hydrogen-bond donors (Lipinski definition) is 2. The first-order valence-corrected chi connectivity index (χ1v) is 8.04. The van der Waals surface area contributed by atoms with Crippen molar-refractivity contribution < 1.29 is 14.6 Å². The number of nitrogens with one attached hydrogen (secondary N) is 1. The summed E-state index contributed by atoms with van der Waals surface area (Å²) in [6.45, 7) is 1.89. The summed E-state index contributed by atoms with van der Waals surface area (Å²) in [4.78, 5) is 12.0. The van der Waals surface area contributed by atoms with Crippen LogP contribution in [0.2, 0.25) is 5.02 Å². The van der Waals surface area contributed by atoms with E-state index in [9.17, 15) is 9.90 Å². The van der Waals surface area contributed by atoms with E-state index in [0.29, 0.717) is 25.5 Å². The highest BCUT2D eigenvalue weighted by atomic mass is 127. The summed E-state index contributed by atoms with van der Waals surface area (Å²) in [5, 5.41) is 14.1. The van der Waals surface area contributed by atoms with E-state index in [1.165, 1.54) is 13.3 Å². The van der Waals surface area contributed by atoms with Crippen LogP contribution in [-0.2, 0) is 0 Å². The van der Waals surface area contributed by atoms with Gasteiger partial charge in [-0.2, -0.15) is 5.10 Å². The second-order valence-electron chi connectivity index (χ2n) is 4.74. The molecule has 0 unspecified atom stereocenters. The summed E-state index contributed by atoms with van der Waals surface area (Å²) in [5.41, 5.74) is 4.43. The van der Waals surface area contributed by atoms with Gasteiger partial charge in [0.25, 0.3) is 5.91 Å². The molecule has 0 aromatic heterocycles. The molecule has 120 valence electrons. The maximum absolute atomic E-state index is 12.0. The van der Waals surface area contributed by atoms with Crippen molar-refractivity contribution in [3.8, 4) is 11.5 Å². The molecule has 0 spiro atoms. The van der Waals surface area contributed by atoms with Crippen LogP contribution in [0.25, 0.3) is 0 Å². The van der Waals surface area contributed by atoms with Gasteiger partial charge in [-0.3, -0.25) is 4.79 Å². The van der Waals surface area contributed by atoms with E-state index in [1.54, 1.807) is 30.3 Å². The molecule has 23 heavy (non-hydrogen) atoms. The van der Waals surface area contributed by atoms with Gasteiger partial charge in [0.15, 0.2) is 11.5 Å². The highest BCUT2D eigenvalue weighted by Crippen LogP contribution is 2.31. The fourth-order valence-electron chi connectivity index (χ4n) is 1.85. The topological polar surface area (TPSA) is 70.9 Å². The van der Waals surface area contributed by atoms with Crippen LogP contribution < -0.4 is 10.2 Å². The fraction of sp³-hybridized carbons (Fsp3) is 0.125. The number of ether oxygens (including phenoxy) is 1. The Kier molecular flexibility index (Phi) is 5.84. The van der Waals surface area contributed by atoms with Crippen LogP contribution in [0.1, 0.15) is 21.5 Å². The van der Waals surface area contributed by atoms with E-state index < -0.39 is 5.91 Å². The quantitative estimate of drug-likeness (QED) is 0.429. The number of benzene rings is 2. The van der Waals surface area contributed by atoms with E-state index in [2.05, 4.69) is 10.5 Å². The zero-order valence-corrected chi connectivity index (χ0v) is 15.3. The summed E-state index contributed by atoms with van der Waals surface area (Å²) in [6, 6.07) is 8.50. The predicted molar refractivity (Wildman–Crippen MR) is 98.6 cm³/mol. The molecule has 0 radical (unpaired) electrons. The van der Waals surface area contributed by atoms with Crippen LogP contribution in [0.3, 0.4) is 0 Å². The van der Waals surface area contributed by atoms with Crippen molar-refractivity contribution >= 4 is 46.3 Å². The molecule has 0 atom stereocenters. The first-order chi connectivity index (χ1) is 10.9. The van der Waals surface area contributed by atoms with Gasteiger partial charge in [0, 0.05) is 0 Å². The molecule has 2 N–H and O–H groups in total. The lowest BCUT2D eigenvalue weighted by atomic mass is 10.1. The van der Waals surface area contributed by atoms with Gasteiger partial charge >= 0.3 is 0 Å². The molecule has 2 aromatic rings. The van der Waals surface area contributed by atoms with Crippen molar-refractivity contribution in [1.82, 2.24) is 5.43 Å². The number of amides is 1. The Labute approximate surface area is 152 Å². The number of methoxy groups -OCH3 is 1. The zero-order chi connectivity index (χ0) is 17.0. The van der Waals surface area contributed by atoms with E-state index in [4.69, 9.17) is 16.3 Å². The molecule has 0 aliphatic rings. The van der Waals surface area contributed by atoms with Crippen molar-refractivity contribution in [2.45, 2.75) is 6.92 Å². The van der Waals surface area contributed by atoms with Crippen molar-refractivity contribution in [2.75, 3.05) is 7.11 Å². The number of carbonyl (C=O) groups excluding carboxylic acids is 1. The number of hydrazone groups is 1. The smallest absolute Gasteiger partial charge is 0.272 e. The minimum absolute atomic E-state index is 0.0701. The lowest BCUT2D eigenvalue weighted by Gasteiger charge is -2.06. The Morgan fingerprint density at radius 1 is 1.39 bits per heavy atom. The van der Waals surface area contributed by atoms with Crippen molar-refractivity contribution in [2.24, 2.45) is 5.10 Å². The number of aryl methyl sites for hydroxylation is 1. The number of phenols is 1. The summed E-state index contributed by atoms with van der Waals surface area (Å²) in [7, 11) is 1.47. The molecule has 5 nitrogen and oxygen atoms in total. The Hall–Kier alpha value is -1.80. The molecule has 0 fully saturated rings. The molecule has 2 rings (SSSR count). The van der Waals surface area contributed by atoms with Gasteiger partial charge in [0.2, 0.25) is 0 Å². The molecular formula is C16H14ClIN2O3. The van der Waals surface area contributed by atoms with Crippen LogP contribution in [0, 0.1) is 10.5 Å². The maximum Gasteiger partial charge on any atom is 0.272 e. The summed E-state index contributed by atoms with van der Waals surface area (Å²) in [6.07, 6.45) is 1.46. The number of phenolic OH excluding ortho intramolecular Hbond substituents is 1. The molecule has 7 heteroatoms. The maximum atomic E-state index is 12.0. The summed E-state index contributed by atoms with van der Waals surface area (Å²) >= 11 is 8.02. The second-order valence-corrected chi connectivity index (χ2v) is 6.31. The number of aromatic hydroxyl groups is 1. The Morgan fingerprint density at radius 2 is 2.13 bits per heavy atom. The van der Waals surface area contributed by atoms with Gasteiger partial charge in [0.05, 0.1) is 27.5 Å². The molecule has 0 aliphatic carbocycles. The predicted octanol–water partition coefficient (Wildman–Crippen LogP) is 3.73. The van der Waals surface area contributed by atoms with Crippen LogP contribution in [0.5, 0.6) is 11.5 Å². The summed E-state index contributed by atoms with van der Waals surface area (Å²) in [5.74, 6) is 0.0127. The zero-order valence-electron chi connectivity index (χ0n) is 12.4. The monoisotopic (exact) mass is 444 g/mol. The van der Waals surface area contributed by atoms with Crippen LogP contribution in [-0.4, -0.2) is 24.3 Å². The van der Waals surface area contributed by atoms with Crippen molar-refractivity contribution in [3.05, 3.63) is 55.6 Å². The third kappa shape index (κ3) is 4.35. The van der Waals surface area contributed by atoms with Crippen molar-refractivity contribution in [1.29, 1.82) is 0 Å². The molecule has 0 heterocycles. The lowest BCUT2D eigenvalue weighted by Crippen LogP contribution is -2.18. The fourth-order valence-corrected chi connectivity index (χ4v) is 2.80. The van der Waals surface area contributed by atoms with E-state index in [1.807, 2.05) is 29.5 Å². The summed E-state index contributed by atoms with van der Waals surface area (Å²) < 4.78 is 5.69. The molecule has 0 saturated carbocycles. The van der Waals surface area contributed by atoms with Gasteiger partial charge in [-0.15, -0.1) is 0 Å². The molecule has 0 bridgehead atoms. The number of carbonyl (C=O) groups is 1. The van der Waals surface area contributed by atoms with Crippen LogP contribution in [0.15, 0.2) is 35.4 Å². The molecule has 0 aliphatic heterocycles. The van der Waals surface area contributed by atoms with E-state index in [-0.39, 0.29) is 5.75 Å². The molecule has 0 saturated heterocycles. The number of nitrogens with zero attached hydrogens (tertiary/aromatic N) is 1.